The number of hydrogen-bond acceptors (Lipinski definition) is 2. The molecular formula is C24H23N3O2. The normalized spacial score (nSPS) is 13.4. The Balaban J connectivity index is 1.58. The third-order valence-corrected chi connectivity index (χ3v) is 5.12. The third kappa shape index (κ3) is 3.99. The summed E-state index contributed by atoms with van der Waals surface area (Å²) >= 11 is 0. The van der Waals surface area contributed by atoms with Crippen molar-refractivity contribution in [2.75, 3.05) is 18.5 Å². The lowest BCUT2D eigenvalue weighted by atomic mass is 9.98. The van der Waals surface area contributed by atoms with E-state index in [4.69, 9.17) is 0 Å². The minimum Gasteiger partial charge on any atom is -0.344 e. The highest BCUT2D eigenvalue weighted by Crippen LogP contribution is 2.28. The van der Waals surface area contributed by atoms with E-state index in [2.05, 4.69) is 5.32 Å². The van der Waals surface area contributed by atoms with E-state index in [0.29, 0.717) is 6.54 Å². The van der Waals surface area contributed by atoms with Gasteiger partial charge in [0.1, 0.15) is 6.54 Å². The van der Waals surface area contributed by atoms with Gasteiger partial charge in [-0.1, -0.05) is 78.9 Å². The summed E-state index contributed by atoms with van der Waals surface area (Å²) in [5, 5.41) is 3.11. The molecule has 29 heavy (non-hydrogen) atoms. The Morgan fingerprint density at radius 3 is 2.07 bits per heavy atom. The zero-order valence-electron chi connectivity index (χ0n) is 16.3. The predicted octanol–water partition coefficient (Wildman–Crippen LogP) is 3.96. The lowest BCUT2D eigenvalue weighted by molar-refractivity contribution is -0.120. The molecule has 5 nitrogen and oxygen atoms in total. The van der Waals surface area contributed by atoms with Crippen molar-refractivity contribution in [2.24, 2.45) is 0 Å². The van der Waals surface area contributed by atoms with Crippen molar-refractivity contribution < 1.29 is 9.59 Å². The maximum absolute atomic E-state index is 13.0. The van der Waals surface area contributed by atoms with Gasteiger partial charge in [-0.3, -0.25) is 9.69 Å². The molecular weight excluding hydrogens is 362 g/mol. The number of carbonyl (C=O) groups excluding carboxylic acids is 2. The SMILES string of the molecule is CN1Cc2ccccc2N(CC(=O)NC(c2ccccc2)c2ccccc2)C1=O. The van der Waals surface area contributed by atoms with Gasteiger partial charge in [0.15, 0.2) is 0 Å². The summed E-state index contributed by atoms with van der Waals surface area (Å²) < 4.78 is 0. The quantitative estimate of drug-likeness (QED) is 0.723. The van der Waals surface area contributed by atoms with E-state index in [1.165, 1.54) is 0 Å². The van der Waals surface area contributed by atoms with Gasteiger partial charge in [0.25, 0.3) is 0 Å². The fourth-order valence-corrected chi connectivity index (χ4v) is 3.69. The standard InChI is InChI=1S/C24H23N3O2/c1-26-16-20-14-8-9-15-21(20)27(24(26)29)17-22(28)25-23(18-10-4-2-5-11-18)19-12-6-3-7-13-19/h2-15,23H,16-17H2,1H3,(H,25,28). The Labute approximate surface area is 170 Å². The van der Waals surface area contributed by atoms with Gasteiger partial charge in [0.2, 0.25) is 5.91 Å². The molecule has 146 valence electrons. The maximum Gasteiger partial charge on any atom is 0.325 e. The van der Waals surface area contributed by atoms with Crippen LogP contribution in [0.4, 0.5) is 10.5 Å². The molecule has 5 heteroatoms. The van der Waals surface area contributed by atoms with Crippen LogP contribution in [0.15, 0.2) is 84.9 Å². The van der Waals surface area contributed by atoms with Crippen LogP contribution in [0.5, 0.6) is 0 Å². The number of amides is 3. The van der Waals surface area contributed by atoms with Crippen molar-refractivity contribution >= 4 is 17.6 Å². The van der Waals surface area contributed by atoms with Crippen molar-refractivity contribution in [1.29, 1.82) is 0 Å². The highest BCUT2D eigenvalue weighted by molar-refractivity contribution is 5.99. The molecule has 0 radical (unpaired) electrons. The molecule has 4 rings (SSSR count). The van der Waals surface area contributed by atoms with Gasteiger partial charge in [-0.25, -0.2) is 4.79 Å². The van der Waals surface area contributed by atoms with E-state index in [1.54, 1.807) is 16.8 Å². The Morgan fingerprint density at radius 1 is 0.897 bits per heavy atom. The van der Waals surface area contributed by atoms with Gasteiger partial charge in [-0.05, 0) is 22.8 Å². The average Bonchev–Trinajstić information content (AvgIpc) is 2.76. The fourth-order valence-electron chi connectivity index (χ4n) is 3.69. The zero-order chi connectivity index (χ0) is 20.2. The van der Waals surface area contributed by atoms with Crippen molar-refractivity contribution in [3.63, 3.8) is 0 Å². The third-order valence-electron chi connectivity index (χ3n) is 5.12. The first-order valence-corrected chi connectivity index (χ1v) is 9.63. The Kier molecular flexibility index (Phi) is 5.29. The molecule has 1 aliphatic rings. The highest BCUT2D eigenvalue weighted by Gasteiger charge is 2.30. The van der Waals surface area contributed by atoms with Gasteiger partial charge in [-0.15, -0.1) is 0 Å². The van der Waals surface area contributed by atoms with Crippen LogP contribution in [-0.2, 0) is 11.3 Å². The number of anilines is 1. The molecule has 0 spiro atoms. The minimum atomic E-state index is -0.280. The maximum atomic E-state index is 13.0. The van der Waals surface area contributed by atoms with Crippen molar-refractivity contribution in [1.82, 2.24) is 10.2 Å². The topological polar surface area (TPSA) is 52.6 Å². The summed E-state index contributed by atoms with van der Waals surface area (Å²) in [5.41, 5.74) is 3.82. The molecule has 0 saturated heterocycles. The molecule has 0 bridgehead atoms. The summed E-state index contributed by atoms with van der Waals surface area (Å²) in [6, 6.07) is 27.0. The number of benzene rings is 3. The molecule has 3 amide bonds. The number of rotatable bonds is 5. The molecule has 3 aromatic rings. The molecule has 3 aromatic carbocycles. The number of urea groups is 1. The van der Waals surface area contributed by atoms with Crippen LogP contribution in [0.2, 0.25) is 0 Å². The lowest BCUT2D eigenvalue weighted by Crippen LogP contribution is -2.49. The molecule has 0 aliphatic carbocycles. The second-order valence-electron chi connectivity index (χ2n) is 7.18. The highest BCUT2D eigenvalue weighted by atomic mass is 16.2. The summed E-state index contributed by atoms with van der Waals surface area (Å²) in [4.78, 5) is 28.9. The van der Waals surface area contributed by atoms with Crippen LogP contribution in [0.25, 0.3) is 0 Å². The zero-order valence-corrected chi connectivity index (χ0v) is 16.3. The lowest BCUT2D eigenvalue weighted by Gasteiger charge is -2.35. The van der Waals surface area contributed by atoms with Gasteiger partial charge in [0, 0.05) is 13.6 Å². The first kappa shape index (κ1) is 18.7. The molecule has 0 saturated carbocycles. The fraction of sp³-hybridized carbons (Fsp3) is 0.167. The van der Waals surface area contributed by atoms with Crippen molar-refractivity contribution in [3.05, 3.63) is 102 Å². The van der Waals surface area contributed by atoms with E-state index in [1.807, 2.05) is 84.9 Å². The van der Waals surface area contributed by atoms with Gasteiger partial charge in [0.05, 0.1) is 11.7 Å². The number of carbonyl (C=O) groups is 2. The van der Waals surface area contributed by atoms with Crippen molar-refractivity contribution in [3.8, 4) is 0 Å². The van der Waals surface area contributed by atoms with Crippen molar-refractivity contribution in [2.45, 2.75) is 12.6 Å². The van der Waals surface area contributed by atoms with E-state index >= 15 is 0 Å². The molecule has 1 N–H and O–H groups in total. The summed E-state index contributed by atoms with van der Waals surface area (Å²) in [5.74, 6) is -0.207. The van der Waals surface area contributed by atoms with Gasteiger partial charge in [-0.2, -0.15) is 0 Å². The molecule has 0 atom stereocenters. The summed E-state index contributed by atoms with van der Waals surface area (Å²) in [7, 11) is 1.75. The van der Waals surface area contributed by atoms with E-state index in [9.17, 15) is 9.59 Å². The first-order valence-electron chi connectivity index (χ1n) is 9.63. The number of hydrogen-bond donors (Lipinski definition) is 1. The van der Waals surface area contributed by atoms with Crippen LogP contribution in [0.1, 0.15) is 22.7 Å². The number of nitrogens with one attached hydrogen (secondary N) is 1. The Morgan fingerprint density at radius 2 is 1.45 bits per heavy atom. The predicted molar refractivity (Wildman–Crippen MR) is 114 cm³/mol. The Bertz CT molecular complexity index is 965. The number of nitrogens with zero attached hydrogens (tertiary/aromatic N) is 2. The molecule has 0 unspecified atom stereocenters. The summed E-state index contributed by atoms with van der Waals surface area (Å²) in [6.45, 7) is 0.514. The van der Waals surface area contributed by atoms with Crippen LogP contribution in [-0.4, -0.2) is 30.4 Å². The van der Waals surface area contributed by atoms with Crippen LogP contribution in [0.3, 0.4) is 0 Å². The number of para-hydroxylation sites is 1. The van der Waals surface area contributed by atoms with Gasteiger partial charge >= 0.3 is 6.03 Å². The molecule has 0 aromatic heterocycles. The summed E-state index contributed by atoms with van der Waals surface area (Å²) in [6.07, 6.45) is 0. The largest absolute Gasteiger partial charge is 0.344 e. The van der Waals surface area contributed by atoms with Crippen LogP contribution in [0, 0.1) is 0 Å². The number of fused-ring (bicyclic) bond motifs is 1. The monoisotopic (exact) mass is 385 g/mol. The van der Waals surface area contributed by atoms with Gasteiger partial charge < -0.3 is 10.2 Å². The molecule has 1 heterocycles. The van der Waals surface area contributed by atoms with Crippen LogP contribution < -0.4 is 10.2 Å². The Hall–Kier alpha value is -3.60. The van der Waals surface area contributed by atoms with Crippen LogP contribution >= 0.6 is 0 Å². The second-order valence-corrected chi connectivity index (χ2v) is 7.18. The average molecular weight is 385 g/mol. The van der Waals surface area contributed by atoms with E-state index in [-0.39, 0.29) is 24.5 Å². The minimum absolute atomic E-state index is 0.0314. The second kappa shape index (κ2) is 8.19. The smallest absolute Gasteiger partial charge is 0.325 e. The molecule has 1 aliphatic heterocycles. The van der Waals surface area contributed by atoms with E-state index in [0.717, 1.165) is 22.4 Å². The first-order chi connectivity index (χ1) is 14.1. The molecule has 0 fully saturated rings. The van der Waals surface area contributed by atoms with E-state index < -0.39 is 0 Å².